The Kier molecular flexibility index (Phi) is 3.19. The van der Waals surface area contributed by atoms with E-state index in [0.29, 0.717) is 18.3 Å². The second-order valence-electron chi connectivity index (χ2n) is 3.65. The van der Waals surface area contributed by atoms with Crippen LogP contribution in [0.2, 0.25) is 0 Å². The lowest BCUT2D eigenvalue weighted by Gasteiger charge is -2.00. The van der Waals surface area contributed by atoms with E-state index in [0.717, 1.165) is 6.54 Å². The summed E-state index contributed by atoms with van der Waals surface area (Å²) in [5.41, 5.74) is 2.48. The molecule has 0 aliphatic carbocycles. The zero-order valence-corrected chi connectivity index (χ0v) is 9.53. The number of aromatic nitrogens is 2. The van der Waals surface area contributed by atoms with Crippen molar-refractivity contribution in [2.45, 2.75) is 20.3 Å². The summed E-state index contributed by atoms with van der Waals surface area (Å²) in [5, 5.41) is 6.91. The Morgan fingerprint density at radius 1 is 1.31 bits per heavy atom. The van der Waals surface area contributed by atoms with Gasteiger partial charge in [-0.3, -0.25) is 0 Å². The molecule has 0 fully saturated rings. The molecule has 2 rings (SSSR count). The van der Waals surface area contributed by atoms with Gasteiger partial charge in [-0.2, -0.15) is 4.98 Å². The Hall–Kier alpha value is -1.84. The van der Waals surface area contributed by atoms with E-state index >= 15 is 0 Å². The maximum atomic E-state index is 5.04. The fourth-order valence-electron chi connectivity index (χ4n) is 1.53. The first-order chi connectivity index (χ1) is 7.79. The number of anilines is 1. The molecule has 0 bridgehead atoms. The van der Waals surface area contributed by atoms with Crippen LogP contribution in [-0.4, -0.2) is 16.7 Å². The molecular formula is C12H15N3O. The van der Waals surface area contributed by atoms with E-state index in [1.165, 1.54) is 11.1 Å². The second-order valence-corrected chi connectivity index (χ2v) is 3.65. The van der Waals surface area contributed by atoms with Crippen molar-refractivity contribution in [3.63, 3.8) is 0 Å². The Bertz CT molecular complexity index is 465. The first-order valence-corrected chi connectivity index (χ1v) is 5.40. The summed E-state index contributed by atoms with van der Waals surface area (Å²) in [4.78, 5) is 4.25. The third-order valence-electron chi connectivity index (χ3n) is 2.41. The largest absolute Gasteiger partial charge is 0.338 e. The SMILES string of the molecule is CCNc1nc(Cc2ccccc2C)no1. The van der Waals surface area contributed by atoms with Crippen LogP contribution in [0.15, 0.2) is 28.8 Å². The summed E-state index contributed by atoms with van der Waals surface area (Å²) >= 11 is 0. The highest BCUT2D eigenvalue weighted by atomic mass is 16.5. The predicted molar refractivity (Wildman–Crippen MR) is 62.4 cm³/mol. The van der Waals surface area contributed by atoms with Crippen LogP contribution >= 0.6 is 0 Å². The van der Waals surface area contributed by atoms with E-state index in [9.17, 15) is 0 Å². The number of hydrogen-bond acceptors (Lipinski definition) is 4. The van der Waals surface area contributed by atoms with Gasteiger partial charge in [0.2, 0.25) is 0 Å². The molecule has 84 valence electrons. The molecule has 0 saturated heterocycles. The molecule has 0 atom stereocenters. The number of benzene rings is 1. The minimum Gasteiger partial charge on any atom is -0.338 e. The summed E-state index contributed by atoms with van der Waals surface area (Å²) in [6, 6.07) is 8.71. The van der Waals surface area contributed by atoms with Crippen molar-refractivity contribution in [3.8, 4) is 0 Å². The normalized spacial score (nSPS) is 10.4. The standard InChI is InChI=1S/C12H15N3O/c1-3-13-12-14-11(15-16-12)8-10-7-5-4-6-9(10)2/h4-7H,3,8H2,1-2H3,(H,13,14,15). The molecule has 0 aliphatic heterocycles. The van der Waals surface area contributed by atoms with Gasteiger partial charge >= 0.3 is 6.01 Å². The van der Waals surface area contributed by atoms with Crippen molar-refractivity contribution < 1.29 is 4.52 Å². The van der Waals surface area contributed by atoms with Crippen molar-refractivity contribution in [2.24, 2.45) is 0 Å². The quantitative estimate of drug-likeness (QED) is 0.854. The second kappa shape index (κ2) is 4.79. The average Bonchev–Trinajstić information content (AvgIpc) is 2.70. The molecule has 0 unspecified atom stereocenters. The summed E-state index contributed by atoms with van der Waals surface area (Å²) in [5.74, 6) is 0.713. The van der Waals surface area contributed by atoms with Gasteiger partial charge in [-0.25, -0.2) is 0 Å². The Labute approximate surface area is 94.7 Å². The zero-order chi connectivity index (χ0) is 11.4. The van der Waals surface area contributed by atoms with Crippen LogP contribution in [0.25, 0.3) is 0 Å². The first kappa shape index (κ1) is 10.7. The van der Waals surface area contributed by atoms with Crippen LogP contribution in [0.5, 0.6) is 0 Å². The minimum atomic E-state index is 0.492. The van der Waals surface area contributed by atoms with Gasteiger partial charge in [0.25, 0.3) is 0 Å². The Morgan fingerprint density at radius 2 is 2.12 bits per heavy atom. The van der Waals surface area contributed by atoms with E-state index in [-0.39, 0.29) is 0 Å². The number of rotatable bonds is 4. The fraction of sp³-hybridized carbons (Fsp3) is 0.333. The highest BCUT2D eigenvalue weighted by Gasteiger charge is 2.06. The number of nitrogens with zero attached hydrogens (tertiary/aromatic N) is 2. The number of aryl methyl sites for hydroxylation is 1. The molecule has 0 spiro atoms. The molecule has 1 heterocycles. The van der Waals surface area contributed by atoms with E-state index in [2.05, 4.69) is 34.5 Å². The lowest BCUT2D eigenvalue weighted by molar-refractivity contribution is 0.424. The van der Waals surface area contributed by atoms with Gasteiger partial charge in [-0.05, 0) is 25.0 Å². The maximum absolute atomic E-state index is 5.04. The Morgan fingerprint density at radius 3 is 2.88 bits per heavy atom. The highest BCUT2D eigenvalue weighted by Crippen LogP contribution is 2.12. The van der Waals surface area contributed by atoms with Crippen LogP contribution in [0.3, 0.4) is 0 Å². The van der Waals surface area contributed by atoms with Gasteiger partial charge < -0.3 is 9.84 Å². The number of nitrogens with one attached hydrogen (secondary N) is 1. The topological polar surface area (TPSA) is 51.0 Å². The lowest BCUT2D eigenvalue weighted by atomic mass is 10.1. The molecular weight excluding hydrogens is 202 g/mol. The van der Waals surface area contributed by atoms with E-state index in [1.54, 1.807) is 0 Å². The summed E-state index contributed by atoms with van der Waals surface area (Å²) in [7, 11) is 0. The van der Waals surface area contributed by atoms with Crippen molar-refractivity contribution in [3.05, 3.63) is 41.2 Å². The van der Waals surface area contributed by atoms with Gasteiger partial charge in [-0.15, -0.1) is 0 Å². The van der Waals surface area contributed by atoms with Crippen LogP contribution in [0.4, 0.5) is 6.01 Å². The summed E-state index contributed by atoms with van der Waals surface area (Å²) in [6.07, 6.45) is 0.710. The van der Waals surface area contributed by atoms with Crippen LogP contribution in [0, 0.1) is 6.92 Å². The Balaban J connectivity index is 2.11. The van der Waals surface area contributed by atoms with E-state index in [4.69, 9.17) is 4.52 Å². The molecule has 0 amide bonds. The smallest absolute Gasteiger partial charge is 0.321 e. The molecule has 4 nitrogen and oxygen atoms in total. The van der Waals surface area contributed by atoms with Crippen molar-refractivity contribution in [2.75, 3.05) is 11.9 Å². The average molecular weight is 217 g/mol. The van der Waals surface area contributed by atoms with Crippen molar-refractivity contribution in [1.82, 2.24) is 10.1 Å². The third kappa shape index (κ3) is 2.39. The van der Waals surface area contributed by atoms with Crippen LogP contribution < -0.4 is 5.32 Å². The van der Waals surface area contributed by atoms with E-state index < -0.39 is 0 Å². The summed E-state index contributed by atoms with van der Waals surface area (Å²) in [6.45, 7) is 4.86. The van der Waals surface area contributed by atoms with E-state index in [1.807, 2.05) is 19.1 Å². The van der Waals surface area contributed by atoms with Gasteiger partial charge in [0.1, 0.15) is 0 Å². The van der Waals surface area contributed by atoms with Gasteiger partial charge in [0, 0.05) is 13.0 Å². The molecule has 4 heteroatoms. The molecule has 1 aromatic heterocycles. The summed E-state index contributed by atoms with van der Waals surface area (Å²) < 4.78 is 5.04. The van der Waals surface area contributed by atoms with Crippen LogP contribution in [-0.2, 0) is 6.42 Å². The molecule has 1 aromatic carbocycles. The molecule has 0 saturated carbocycles. The van der Waals surface area contributed by atoms with Gasteiger partial charge in [-0.1, -0.05) is 29.4 Å². The fourth-order valence-corrected chi connectivity index (χ4v) is 1.53. The van der Waals surface area contributed by atoms with Crippen molar-refractivity contribution >= 4 is 6.01 Å². The first-order valence-electron chi connectivity index (χ1n) is 5.40. The molecule has 16 heavy (non-hydrogen) atoms. The molecule has 2 aromatic rings. The van der Waals surface area contributed by atoms with Crippen LogP contribution in [0.1, 0.15) is 23.9 Å². The molecule has 0 aliphatic rings. The van der Waals surface area contributed by atoms with Gasteiger partial charge in [0.15, 0.2) is 5.82 Å². The third-order valence-corrected chi connectivity index (χ3v) is 2.41. The highest BCUT2D eigenvalue weighted by molar-refractivity contribution is 5.29. The molecule has 1 N–H and O–H groups in total. The van der Waals surface area contributed by atoms with Gasteiger partial charge in [0.05, 0.1) is 0 Å². The predicted octanol–water partition coefficient (Wildman–Crippen LogP) is 2.40. The lowest BCUT2D eigenvalue weighted by Crippen LogP contribution is -1.97. The minimum absolute atomic E-state index is 0.492. The molecule has 0 radical (unpaired) electrons. The number of hydrogen-bond donors (Lipinski definition) is 1. The van der Waals surface area contributed by atoms with Crippen molar-refractivity contribution in [1.29, 1.82) is 0 Å². The zero-order valence-electron chi connectivity index (χ0n) is 9.53. The monoisotopic (exact) mass is 217 g/mol. The maximum Gasteiger partial charge on any atom is 0.321 e.